The maximum absolute atomic E-state index is 11.4. The largest absolute Gasteiger partial charge is 0.294 e. The average Bonchev–Trinajstić information content (AvgIpc) is 2.42. The highest BCUT2D eigenvalue weighted by Gasteiger charge is 2.26. The van der Waals surface area contributed by atoms with Crippen LogP contribution in [-0.4, -0.2) is 5.78 Å². The quantitative estimate of drug-likeness (QED) is 0.615. The second kappa shape index (κ2) is 2.81. The maximum atomic E-state index is 11.4. The Bertz CT molecular complexity index is 425. The van der Waals surface area contributed by atoms with Crippen LogP contribution in [0.1, 0.15) is 42.3 Å². The minimum absolute atomic E-state index is 0.0702. The van der Waals surface area contributed by atoms with Gasteiger partial charge in [-0.1, -0.05) is 44.2 Å². The van der Waals surface area contributed by atoms with E-state index < -0.39 is 0 Å². The molecule has 0 heterocycles. The smallest absolute Gasteiger partial charge is 0.160 e. The van der Waals surface area contributed by atoms with E-state index in [0.29, 0.717) is 0 Å². The van der Waals surface area contributed by atoms with Crippen LogP contribution in [0, 0.1) is 0 Å². The molecule has 0 radical (unpaired) electrons. The monoisotopic (exact) mass is 186 g/mol. The van der Waals surface area contributed by atoms with Crippen LogP contribution in [0.2, 0.25) is 0 Å². The van der Waals surface area contributed by atoms with E-state index in [-0.39, 0.29) is 11.2 Å². The summed E-state index contributed by atoms with van der Waals surface area (Å²) >= 11 is 0. The van der Waals surface area contributed by atoms with Crippen LogP contribution in [0.15, 0.2) is 24.3 Å². The first-order valence-corrected chi connectivity index (χ1v) is 4.86. The third-order valence-corrected chi connectivity index (χ3v) is 2.85. The summed E-state index contributed by atoms with van der Waals surface area (Å²) in [5.74, 6) is 0.143. The van der Waals surface area contributed by atoms with Crippen molar-refractivity contribution in [3.63, 3.8) is 0 Å². The molecule has 1 aliphatic carbocycles. The van der Waals surface area contributed by atoms with Gasteiger partial charge in [0.1, 0.15) is 0 Å². The number of Topliss-reactive ketones (excluding diaryl/α,β-unsaturated/α-hetero) is 1. The third kappa shape index (κ3) is 1.20. The first kappa shape index (κ1) is 9.20. The summed E-state index contributed by atoms with van der Waals surface area (Å²) in [5, 5.41) is 0. The zero-order valence-electron chi connectivity index (χ0n) is 8.79. The molecular weight excluding hydrogens is 172 g/mol. The molecule has 0 bridgehead atoms. The van der Waals surface area contributed by atoms with Crippen molar-refractivity contribution in [1.82, 2.24) is 0 Å². The van der Waals surface area contributed by atoms with E-state index in [1.807, 2.05) is 12.1 Å². The predicted molar refractivity (Wildman–Crippen MR) is 58.5 cm³/mol. The molecule has 0 atom stereocenters. The molecule has 14 heavy (non-hydrogen) atoms. The van der Waals surface area contributed by atoms with Crippen molar-refractivity contribution in [2.75, 3.05) is 0 Å². The van der Waals surface area contributed by atoms with E-state index in [2.05, 4.69) is 32.1 Å². The molecule has 1 nitrogen and oxygen atoms in total. The average molecular weight is 186 g/mol. The molecule has 2 rings (SSSR count). The molecule has 0 spiro atoms. The zero-order chi connectivity index (χ0) is 10.3. The van der Waals surface area contributed by atoms with Crippen molar-refractivity contribution in [2.24, 2.45) is 0 Å². The number of carbonyl (C=O) groups is 1. The van der Waals surface area contributed by atoms with E-state index in [1.165, 1.54) is 5.56 Å². The summed E-state index contributed by atoms with van der Waals surface area (Å²) in [6, 6.07) is 5.96. The van der Waals surface area contributed by atoms with E-state index in [1.54, 1.807) is 6.92 Å². The molecule has 0 aliphatic heterocycles. The van der Waals surface area contributed by atoms with Crippen molar-refractivity contribution in [3.05, 3.63) is 41.0 Å². The predicted octanol–water partition coefficient (Wildman–Crippen LogP) is 3.19. The van der Waals surface area contributed by atoms with Crippen LogP contribution in [-0.2, 0) is 5.41 Å². The Kier molecular flexibility index (Phi) is 1.84. The lowest BCUT2D eigenvalue weighted by Crippen LogP contribution is -2.11. The minimum Gasteiger partial charge on any atom is -0.294 e. The van der Waals surface area contributed by atoms with Gasteiger partial charge in [-0.15, -0.1) is 0 Å². The van der Waals surface area contributed by atoms with Crippen molar-refractivity contribution < 1.29 is 4.79 Å². The number of carbonyl (C=O) groups excluding carboxylic acids is 1. The van der Waals surface area contributed by atoms with Crippen LogP contribution >= 0.6 is 0 Å². The molecule has 1 aliphatic rings. The highest BCUT2D eigenvalue weighted by atomic mass is 16.1. The molecular formula is C13H14O. The highest BCUT2D eigenvalue weighted by Crippen LogP contribution is 2.36. The van der Waals surface area contributed by atoms with Gasteiger partial charge in [0, 0.05) is 11.0 Å². The molecule has 72 valence electrons. The molecule has 1 aromatic carbocycles. The summed E-state index contributed by atoms with van der Waals surface area (Å²) in [7, 11) is 0. The molecule has 0 saturated heterocycles. The van der Waals surface area contributed by atoms with Gasteiger partial charge in [-0.2, -0.15) is 0 Å². The van der Waals surface area contributed by atoms with E-state index in [4.69, 9.17) is 0 Å². The van der Waals surface area contributed by atoms with Gasteiger partial charge >= 0.3 is 0 Å². The van der Waals surface area contributed by atoms with Gasteiger partial charge in [0.15, 0.2) is 5.78 Å². The van der Waals surface area contributed by atoms with E-state index >= 15 is 0 Å². The molecule has 0 amide bonds. The SMILES string of the molecule is CC(=O)c1cccc2c1C=CC2(C)C. The van der Waals surface area contributed by atoms with Crippen molar-refractivity contribution >= 4 is 11.9 Å². The Hall–Kier alpha value is -1.37. The minimum atomic E-state index is 0.0702. The number of allylic oxidation sites excluding steroid dienone is 1. The van der Waals surface area contributed by atoms with Crippen LogP contribution in [0.5, 0.6) is 0 Å². The third-order valence-electron chi connectivity index (χ3n) is 2.85. The first-order chi connectivity index (χ1) is 6.52. The van der Waals surface area contributed by atoms with E-state index in [9.17, 15) is 4.79 Å². The van der Waals surface area contributed by atoms with Gasteiger partial charge in [-0.05, 0) is 18.1 Å². The zero-order valence-corrected chi connectivity index (χ0v) is 8.79. The fourth-order valence-electron chi connectivity index (χ4n) is 2.00. The maximum Gasteiger partial charge on any atom is 0.160 e. The van der Waals surface area contributed by atoms with Crippen molar-refractivity contribution in [1.29, 1.82) is 0 Å². The van der Waals surface area contributed by atoms with Crippen LogP contribution in [0.3, 0.4) is 0 Å². The summed E-state index contributed by atoms with van der Waals surface area (Å²) in [6.45, 7) is 5.95. The van der Waals surface area contributed by atoms with Crippen LogP contribution in [0.25, 0.3) is 6.08 Å². The highest BCUT2D eigenvalue weighted by molar-refractivity contribution is 5.99. The van der Waals surface area contributed by atoms with Crippen molar-refractivity contribution in [2.45, 2.75) is 26.2 Å². The summed E-state index contributed by atoms with van der Waals surface area (Å²) in [5.41, 5.74) is 3.26. The van der Waals surface area contributed by atoms with Crippen molar-refractivity contribution in [3.8, 4) is 0 Å². The fraction of sp³-hybridized carbons (Fsp3) is 0.308. The molecule has 0 aromatic heterocycles. The Morgan fingerprint density at radius 2 is 2.00 bits per heavy atom. The molecule has 0 saturated carbocycles. The summed E-state index contributed by atoms with van der Waals surface area (Å²) in [6.07, 6.45) is 4.22. The lowest BCUT2D eigenvalue weighted by Gasteiger charge is -2.18. The van der Waals surface area contributed by atoms with Crippen LogP contribution in [0.4, 0.5) is 0 Å². The Labute approximate surface area is 84.5 Å². The fourth-order valence-corrected chi connectivity index (χ4v) is 2.00. The lowest BCUT2D eigenvalue weighted by atomic mass is 9.86. The topological polar surface area (TPSA) is 17.1 Å². The second-order valence-corrected chi connectivity index (χ2v) is 4.38. The second-order valence-electron chi connectivity index (χ2n) is 4.38. The molecule has 0 fully saturated rings. The van der Waals surface area contributed by atoms with Gasteiger partial charge < -0.3 is 0 Å². The first-order valence-electron chi connectivity index (χ1n) is 4.86. The number of rotatable bonds is 1. The molecule has 0 unspecified atom stereocenters. The number of hydrogen-bond acceptors (Lipinski definition) is 1. The summed E-state index contributed by atoms with van der Waals surface area (Å²) < 4.78 is 0. The van der Waals surface area contributed by atoms with Gasteiger partial charge in [0.2, 0.25) is 0 Å². The number of benzene rings is 1. The van der Waals surface area contributed by atoms with E-state index in [0.717, 1.165) is 11.1 Å². The summed E-state index contributed by atoms with van der Waals surface area (Å²) in [4.78, 5) is 11.4. The van der Waals surface area contributed by atoms with Crippen LogP contribution < -0.4 is 0 Å². The Morgan fingerprint density at radius 1 is 1.29 bits per heavy atom. The number of ketones is 1. The van der Waals surface area contributed by atoms with Gasteiger partial charge in [-0.3, -0.25) is 4.79 Å². The molecule has 1 aromatic rings. The molecule has 0 N–H and O–H groups in total. The van der Waals surface area contributed by atoms with Gasteiger partial charge in [0.05, 0.1) is 0 Å². The molecule has 1 heteroatoms. The standard InChI is InChI=1S/C13H14O/c1-9(14)10-5-4-6-12-11(10)7-8-13(12,2)3/h4-8H,1-3H3. The van der Waals surface area contributed by atoms with Gasteiger partial charge in [0.25, 0.3) is 0 Å². The Morgan fingerprint density at radius 3 is 2.64 bits per heavy atom. The normalized spacial score (nSPS) is 16.8. The Balaban J connectivity index is 2.67. The number of hydrogen-bond donors (Lipinski definition) is 0. The number of fused-ring (bicyclic) bond motifs is 1. The lowest BCUT2D eigenvalue weighted by molar-refractivity contribution is 0.101. The van der Waals surface area contributed by atoms with Gasteiger partial charge in [-0.25, -0.2) is 0 Å².